The first kappa shape index (κ1) is 19.6. The number of para-hydroxylation sites is 1. The Morgan fingerprint density at radius 2 is 1.58 bits per heavy atom. The average molecular weight is 432 g/mol. The lowest BCUT2D eigenvalue weighted by molar-refractivity contribution is 0.262. The van der Waals surface area contributed by atoms with E-state index in [0.29, 0.717) is 30.3 Å². The highest BCUT2D eigenvalue weighted by Gasteiger charge is 2.29. The number of sulfonamides is 1. The number of hydrogen-bond acceptors (Lipinski definition) is 4. The van der Waals surface area contributed by atoms with E-state index >= 15 is 0 Å². The molecular weight excluding hydrogens is 410 g/mol. The summed E-state index contributed by atoms with van der Waals surface area (Å²) < 4.78 is 40.1. The van der Waals surface area contributed by atoms with Crippen LogP contribution in [0.3, 0.4) is 0 Å². The van der Waals surface area contributed by atoms with E-state index in [4.69, 9.17) is 9.47 Å². The molecule has 31 heavy (non-hydrogen) atoms. The van der Waals surface area contributed by atoms with Crippen LogP contribution in [0.4, 0.5) is 11.4 Å². The van der Waals surface area contributed by atoms with Gasteiger partial charge in [0.05, 0.1) is 22.9 Å². The van der Waals surface area contributed by atoms with Crippen LogP contribution in [0.5, 0.6) is 5.75 Å². The van der Waals surface area contributed by atoms with Crippen molar-refractivity contribution in [2.75, 3.05) is 17.5 Å². The van der Waals surface area contributed by atoms with Crippen molar-refractivity contribution in [2.45, 2.75) is 11.0 Å². The minimum Gasteiger partial charge on any atom is -0.491 e. The van der Waals surface area contributed by atoms with Crippen LogP contribution in [0, 0.1) is 0 Å². The number of anilines is 2. The summed E-state index contributed by atoms with van der Waals surface area (Å²) >= 11 is 0. The fraction of sp³-hybridized carbons (Fsp3) is 0.120. The molecule has 1 heterocycles. The molecule has 0 aromatic heterocycles. The number of ether oxygens (including phenoxy) is 2. The van der Waals surface area contributed by atoms with Crippen LogP contribution < -0.4 is 9.04 Å². The Balaban J connectivity index is 1.64. The zero-order valence-electron chi connectivity index (χ0n) is 16.7. The monoisotopic (exact) mass is 431 g/mol. The van der Waals surface area contributed by atoms with Gasteiger partial charge in [0.25, 0.3) is 10.0 Å². The van der Waals surface area contributed by atoms with Gasteiger partial charge in [-0.25, -0.2) is 12.7 Å². The summed E-state index contributed by atoms with van der Waals surface area (Å²) in [5, 5.41) is 1.83. The van der Waals surface area contributed by atoms with Crippen molar-refractivity contribution in [3.8, 4) is 5.75 Å². The predicted octanol–water partition coefficient (Wildman–Crippen LogP) is 5.14. The van der Waals surface area contributed by atoms with E-state index in [1.54, 1.807) is 36.4 Å². The summed E-state index contributed by atoms with van der Waals surface area (Å²) in [7, 11) is -3.92. The Kier molecular flexibility index (Phi) is 5.10. The summed E-state index contributed by atoms with van der Waals surface area (Å²) in [6.45, 7) is 1.09. The number of epoxide rings is 1. The quantitative estimate of drug-likeness (QED) is 0.380. The molecule has 156 valence electrons. The van der Waals surface area contributed by atoms with Gasteiger partial charge in [-0.2, -0.15) is 0 Å². The molecule has 1 aliphatic heterocycles. The highest BCUT2D eigenvalue weighted by Crippen LogP contribution is 2.37. The van der Waals surface area contributed by atoms with Crippen LogP contribution in [0.25, 0.3) is 10.8 Å². The third-order valence-electron chi connectivity index (χ3n) is 5.16. The normalized spacial score (nSPS) is 15.5. The Bertz CT molecular complexity index is 1310. The Morgan fingerprint density at radius 1 is 0.871 bits per heavy atom. The maximum absolute atomic E-state index is 13.9. The van der Waals surface area contributed by atoms with E-state index < -0.39 is 10.0 Å². The molecule has 6 heteroatoms. The average Bonchev–Trinajstić information content (AvgIpc) is 3.64. The highest BCUT2D eigenvalue weighted by molar-refractivity contribution is 7.93. The zero-order valence-corrected chi connectivity index (χ0v) is 17.5. The lowest BCUT2D eigenvalue weighted by Crippen LogP contribution is -2.26. The number of rotatable bonds is 7. The van der Waals surface area contributed by atoms with Gasteiger partial charge in [-0.15, -0.1) is 0 Å². The number of nitrogens with zero attached hydrogens (tertiary/aromatic N) is 1. The van der Waals surface area contributed by atoms with E-state index in [9.17, 15) is 8.42 Å². The second-order valence-electron chi connectivity index (χ2n) is 7.34. The van der Waals surface area contributed by atoms with Gasteiger partial charge in [0.1, 0.15) is 18.5 Å². The standard InChI is InChI=1S/C25H21NO4S/c27-31(28,23-13-7-12-21(16-23)29-17-22-18-30-22)26(20-10-2-1-3-11-20)25-15-6-9-19-8-4-5-14-24(19)25/h1-16,22H,17-18H2. The molecule has 0 N–H and O–H groups in total. The molecule has 1 aliphatic rings. The molecule has 4 aromatic carbocycles. The van der Waals surface area contributed by atoms with Crippen molar-refractivity contribution in [2.24, 2.45) is 0 Å². The van der Waals surface area contributed by atoms with Gasteiger partial charge in [-0.1, -0.05) is 60.7 Å². The van der Waals surface area contributed by atoms with E-state index in [1.165, 1.54) is 4.31 Å². The van der Waals surface area contributed by atoms with E-state index in [0.717, 1.165) is 10.8 Å². The lowest BCUT2D eigenvalue weighted by Gasteiger charge is -2.26. The van der Waals surface area contributed by atoms with E-state index in [-0.39, 0.29) is 11.0 Å². The van der Waals surface area contributed by atoms with E-state index in [1.807, 2.05) is 60.7 Å². The van der Waals surface area contributed by atoms with Crippen LogP contribution in [-0.4, -0.2) is 27.7 Å². The van der Waals surface area contributed by atoms with Crippen LogP contribution >= 0.6 is 0 Å². The lowest BCUT2D eigenvalue weighted by atomic mass is 10.1. The number of benzene rings is 4. The molecule has 5 nitrogen and oxygen atoms in total. The van der Waals surface area contributed by atoms with Gasteiger partial charge >= 0.3 is 0 Å². The third-order valence-corrected chi connectivity index (χ3v) is 6.90. The fourth-order valence-electron chi connectivity index (χ4n) is 3.54. The SMILES string of the molecule is O=S(=O)(c1cccc(OCC2CO2)c1)N(c1ccccc1)c1cccc2ccccc12. The first-order chi connectivity index (χ1) is 15.1. The zero-order chi connectivity index (χ0) is 21.3. The van der Waals surface area contributed by atoms with Crippen LogP contribution in [0.2, 0.25) is 0 Å². The summed E-state index contributed by atoms with van der Waals surface area (Å²) in [5.41, 5.74) is 1.17. The van der Waals surface area contributed by atoms with Crippen LogP contribution in [-0.2, 0) is 14.8 Å². The first-order valence-electron chi connectivity index (χ1n) is 10.1. The van der Waals surface area contributed by atoms with Crippen molar-refractivity contribution in [1.82, 2.24) is 0 Å². The Morgan fingerprint density at radius 3 is 2.39 bits per heavy atom. The summed E-state index contributed by atoms with van der Waals surface area (Å²) in [6.07, 6.45) is 0.0942. The number of hydrogen-bond donors (Lipinski definition) is 0. The molecule has 5 rings (SSSR count). The summed E-state index contributed by atoms with van der Waals surface area (Å²) in [6, 6.07) is 29.2. The fourth-order valence-corrected chi connectivity index (χ4v) is 5.08. The van der Waals surface area contributed by atoms with Gasteiger partial charge < -0.3 is 9.47 Å². The molecule has 0 spiro atoms. The second-order valence-corrected chi connectivity index (χ2v) is 9.13. The Hall–Kier alpha value is -3.35. The Labute approximate surface area is 181 Å². The minimum absolute atomic E-state index is 0.0942. The topological polar surface area (TPSA) is 59.1 Å². The van der Waals surface area contributed by atoms with Gasteiger partial charge in [-0.05, 0) is 35.7 Å². The van der Waals surface area contributed by atoms with Gasteiger partial charge in [0.2, 0.25) is 0 Å². The largest absolute Gasteiger partial charge is 0.491 e. The highest BCUT2D eigenvalue weighted by atomic mass is 32.2. The third kappa shape index (κ3) is 4.00. The minimum atomic E-state index is -3.92. The van der Waals surface area contributed by atoms with Crippen molar-refractivity contribution >= 4 is 32.2 Å². The van der Waals surface area contributed by atoms with Crippen molar-refractivity contribution in [3.63, 3.8) is 0 Å². The molecule has 0 amide bonds. The van der Waals surface area contributed by atoms with Gasteiger partial charge in [-0.3, -0.25) is 0 Å². The second kappa shape index (κ2) is 8.06. The van der Waals surface area contributed by atoms with E-state index in [2.05, 4.69) is 0 Å². The van der Waals surface area contributed by atoms with Gasteiger partial charge in [0, 0.05) is 11.5 Å². The maximum atomic E-state index is 13.9. The van der Waals surface area contributed by atoms with Crippen molar-refractivity contribution < 1.29 is 17.9 Å². The van der Waals surface area contributed by atoms with Crippen LogP contribution in [0.1, 0.15) is 0 Å². The van der Waals surface area contributed by atoms with Gasteiger partial charge in [0.15, 0.2) is 0 Å². The number of fused-ring (bicyclic) bond motifs is 1. The molecule has 0 aliphatic carbocycles. The molecule has 0 saturated carbocycles. The molecule has 1 fully saturated rings. The first-order valence-corrected chi connectivity index (χ1v) is 11.5. The molecule has 1 saturated heterocycles. The maximum Gasteiger partial charge on any atom is 0.268 e. The molecule has 0 radical (unpaired) electrons. The smallest absolute Gasteiger partial charge is 0.268 e. The van der Waals surface area contributed by atoms with Crippen LogP contribution in [0.15, 0.2) is 102 Å². The molecule has 1 atom stereocenters. The predicted molar refractivity (Wildman–Crippen MR) is 121 cm³/mol. The molecule has 1 unspecified atom stereocenters. The molecule has 0 bridgehead atoms. The van der Waals surface area contributed by atoms with Crippen molar-refractivity contribution in [3.05, 3.63) is 97.1 Å². The van der Waals surface area contributed by atoms with Crippen molar-refractivity contribution in [1.29, 1.82) is 0 Å². The molecular formula is C25H21NO4S. The summed E-state index contributed by atoms with van der Waals surface area (Å²) in [4.78, 5) is 0.165. The molecule has 4 aromatic rings. The summed E-state index contributed by atoms with van der Waals surface area (Å²) in [5.74, 6) is 0.502.